The van der Waals surface area contributed by atoms with Crippen molar-refractivity contribution in [2.75, 3.05) is 0 Å². The van der Waals surface area contributed by atoms with E-state index in [1.807, 2.05) is 0 Å². The van der Waals surface area contributed by atoms with Crippen LogP contribution in [0.15, 0.2) is 16.7 Å². The lowest BCUT2D eigenvalue weighted by atomic mass is 10.4. The molecular formula is C5H4NO2. The summed E-state index contributed by atoms with van der Waals surface area (Å²) >= 11 is 0. The molecule has 0 aliphatic rings. The molecule has 0 bridgehead atoms. The quantitative estimate of drug-likeness (QED) is 0.560. The van der Waals surface area contributed by atoms with E-state index < -0.39 is 5.91 Å². The van der Waals surface area contributed by atoms with Crippen molar-refractivity contribution >= 4 is 5.91 Å². The van der Waals surface area contributed by atoms with E-state index in [9.17, 15) is 4.79 Å². The van der Waals surface area contributed by atoms with Crippen molar-refractivity contribution in [3.05, 3.63) is 24.2 Å². The molecule has 0 atom stereocenters. The van der Waals surface area contributed by atoms with Gasteiger partial charge in [-0.3, -0.25) is 4.79 Å². The Morgan fingerprint density at radius 2 is 2.62 bits per heavy atom. The van der Waals surface area contributed by atoms with Gasteiger partial charge in [0, 0.05) is 6.07 Å². The van der Waals surface area contributed by atoms with Crippen LogP contribution in [0, 0.1) is 6.07 Å². The fraction of sp³-hybridized carbons (Fsp3) is 0. The van der Waals surface area contributed by atoms with Crippen LogP contribution in [0.4, 0.5) is 0 Å². The fourth-order valence-corrected chi connectivity index (χ4v) is 0.370. The van der Waals surface area contributed by atoms with Gasteiger partial charge in [-0.1, -0.05) is 0 Å². The Kier molecular flexibility index (Phi) is 1.04. The van der Waals surface area contributed by atoms with Gasteiger partial charge < -0.3 is 10.2 Å². The molecule has 0 saturated carbocycles. The first-order valence-electron chi connectivity index (χ1n) is 2.05. The third-order valence-corrected chi connectivity index (χ3v) is 0.711. The number of carbonyl (C=O) groups excluding carboxylic acids is 1. The predicted octanol–water partition coefficient (Wildman–Crippen LogP) is 0.179. The van der Waals surface area contributed by atoms with Gasteiger partial charge in [-0.2, -0.15) is 0 Å². The van der Waals surface area contributed by atoms with Crippen LogP contribution < -0.4 is 5.73 Å². The molecule has 0 spiro atoms. The number of furan rings is 1. The average Bonchev–Trinajstić information content (AvgIpc) is 2.12. The van der Waals surface area contributed by atoms with E-state index >= 15 is 0 Å². The standard InChI is InChI=1S/C5H4NO2/c6-5(7)4-2-1-3-8-4/h2-3H,(H2,6,7). The zero-order chi connectivity index (χ0) is 5.98. The summed E-state index contributed by atoms with van der Waals surface area (Å²) in [4.78, 5) is 10.2. The lowest BCUT2D eigenvalue weighted by Crippen LogP contribution is -2.08. The van der Waals surface area contributed by atoms with Gasteiger partial charge in [-0.05, 0) is 6.07 Å². The third kappa shape index (κ3) is 0.703. The number of nitrogens with two attached hydrogens (primary N) is 1. The highest BCUT2D eigenvalue weighted by Crippen LogP contribution is 1.95. The molecule has 1 aromatic rings. The smallest absolute Gasteiger partial charge is 0.284 e. The van der Waals surface area contributed by atoms with Gasteiger partial charge in [0.2, 0.25) is 0 Å². The molecule has 1 aromatic heterocycles. The molecule has 0 saturated heterocycles. The summed E-state index contributed by atoms with van der Waals surface area (Å²) in [6, 6.07) is 3.93. The van der Waals surface area contributed by atoms with E-state index in [4.69, 9.17) is 5.73 Å². The van der Waals surface area contributed by atoms with Gasteiger partial charge in [0.1, 0.15) is 0 Å². The van der Waals surface area contributed by atoms with Crippen LogP contribution in [0.5, 0.6) is 0 Å². The van der Waals surface area contributed by atoms with E-state index in [0.29, 0.717) is 0 Å². The number of carbonyl (C=O) groups is 1. The van der Waals surface area contributed by atoms with Crippen molar-refractivity contribution in [1.82, 2.24) is 0 Å². The van der Waals surface area contributed by atoms with Crippen LogP contribution in [0.3, 0.4) is 0 Å². The van der Waals surface area contributed by atoms with Crippen molar-refractivity contribution in [2.45, 2.75) is 0 Å². The molecular weight excluding hydrogens is 106 g/mol. The monoisotopic (exact) mass is 110 g/mol. The van der Waals surface area contributed by atoms with Crippen LogP contribution >= 0.6 is 0 Å². The number of hydrogen-bond donors (Lipinski definition) is 1. The van der Waals surface area contributed by atoms with Crippen LogP contribution in [0.25, 0.3) is 0 Å². The molecule has 0 aliphatic carbocycles. The lowest BCUT2D eigenvalue weighted by Gasteiger charge is -1.80. The second-order valence-electron chi connectivity index (χ2n) is 1.28. The minimum Gasteiger partial charge on any atom is -0.459 e. The number of rotatable bonds is 1. The van der Waals surface area contributed by atoms with Gasteiger partial charge >= 0.3 is 0 Å². The SMILES string of the molecule is NC(=O)c1c[c]co1. The van der Waals surface area contributed by atoms with Crippen molar-refractivity contribution in [1.29, 1.82) is 0 Å². The Bertz CT molecular complexity index is 178. The maximum Gasteiger partial charge on any atom is 0.284 e. The summed E-state index contributed by atoms with van der Waals surface area (Å²) in [7, 11) is 0. The van der Waals surface area contributed by atoms with Crippen LogP contribution in [0.1, 0.15) is 10.6 Å². The first kappa shape index (κ1) is 4.90. The summed E-state index contributed by atoms with van der Waals surface area (Å²) in [6.45, 7) is 0. The molecule has 8 heavy (non-hydrogen) atoms. The molecule has 0 fully saturated rings. The Hall–Kier alpha value is -1.25. The van der Waals surface area contributed by atoms with Gasteiger partial charge in [-0.15, -0.1) is 0 Å². The van der Waals surface area contributed by atoms with E-state index in [0.717, 1.165) is 0 Å². The number of primary amides is 1. The van der Waals surface area contributed by atoms with Gasteiger partial charge in [0.25, 0.3) is 5.91 Å². The van der Waals surface area contributed by atoms with Gasteiger partial charge in [-0.25, -0.2) is 0 Å². The highest BCUT2D eigenvalue weighted by atomic mass is 16.3. The van der Waals surface area contributed by atoms with Crippen LogP contribution in [0.2, 0.25) is 0 Å². The highest BCUT2D eigenvalue weighted by molar-refractivity contribution is 5.89. The Labute approximate surface area is 46.1 Å². The zero-order valence-electron chi connectivity index (χ0n) is 4.05. The van der Waals surface area contributed by atoms with E-state index in [-0.39, 0.29) is 5.76 Å². The summed E-state index contributed by atoms with van der Waals surface area (Å²) in [5.41, 5.74) is 4.81. The van der Waals surface area contributed by atoms with Crippen LogP contribution in [-0.2, 0) is 0 Å². The van der Waals surface area contributed by atoms with E-state index in [2.05, 4.69) is 10.5 Å². The average molecular weight is 110 g/mol. The molecule has 3 nitrogen and oxygen atoms in total. The maximum atomic E-state index is 10.2. The number of hydrogen-bond acceptors (Lipinski definition) is 2. The summed E-state index contributed by atoms with van der Waals surface area (Å²) < 4.78 is 4.56. The molecule has 1 heterocycles. The molecule has 1 amide bonds. The molecule has 3 heteroatoms. The van der Waals surface area contributed by atoms with Crippen molar-refractivity contribution in [2.24, 2.45) is 5.73 Å². The second-order valence-corrected chi connectivity index (χ2v) is 1.28. The summed E-state index contributed by atoms with van der Waals surface area (Å²) in [5.74, 6) is -0.420. The Morgan fingerprint density at radius 1 is 1.88 bits per heavy atom. The molecule has 2 N–H and O–H groups in total. The summed E-state index contributed by atoms with van der Waals surface area (Å²) in [6.07, 6.45) is 1.28. The predicted molar refractivity (Wildman–Crippen MR) is 26.1 cm³/mol. The first-order chi connectivity index (χ1) is 3.80. The van der Waals surface area contributed by atoms with Gasteiger partial charge in [0.05, 0.1) is 6.26 Å². The maximum absolute atomic E-state index is 10.2. The molecule has 0 aliphatic heterocycles. The fourth-order valence-electron chi connectivity index (χ4n) is 0.370. The van der Waals surface area contributed by atoms with Crippen molar-refractivity contribution in [3.8, 4) is 0 Å². The van der Waals surface area contributed by atoms with Crippen molar-refractivity contribution < 1.29 is 9.21 Å². The molecule has 1 radical (unpaired) electrons. The minimum atomic E-state index is -0.564. The van der Waals surface area contributed by atoms with Crippen LogP contribution in [-0.4, -0.2) is 5.91 Å². The third-order valence-electron chi connectivity index (χ3n) is 0.711. The van der Waals surface area contributed by atoms with Crippen molar-refractivity contribution in [3.63, 3.8) is 0 Å². The number of amides is 1. The minimum absolute atomic E-state index is 0.144. The molecule has 1 rings (SSSR count). The first-order valence-corrected chi connectivity index (χ1v) is 2.05. The molecule has 0 unspecified atom stereocenters. The molecule has 0 aromatic carbocycles. The lowest BCUT2D eigenvalue weighted by molar-refractivity contribution is 0.0974. The molecule has 41 valence electrons. The largest absolute Gasteiger partial charge is 0.459 e. The Balaban J connectivity index is 2.93. The van der Waals surface area contributed by atoms with E-state index in [1.165, 1.54) is 12.3 Å². The van der Waals surface area contributed by atoms with Gasteiger partial charge in [0.15, 0.2) is 5.76 Å². The Morgan fingerprint density at radius 3 is 2.88 bits per heavy atom. The van der Waals surface area contributed by atoms with E-state index in [1.54, 1.807) is 0 Å². The second kappa shape index (κ2) is 1.69. The topological polar surface area (TPSA) is 56.2 Å². The highest BCUT2D eigenvalue weighted by Gasteiger charge is 1.99. The summed E-state index contributed by atoms with van der Waals surface area (Å²) in [5, 5.41) is 0. The zero-order valence-corrected chi connectivity index (χ0v) is 4.05. The normalized spacial score (nSPS) is 9.00.